The van der Waals surface area contributed by atoms with Crippen molar-refractivity contribution >= 4 is 41.3 Å². The third-order valence-electron chi connectivity index (χ3n) is 4.20. The molecular formula is C20H27IN6S. The highest BCUT2D eigenvalue weighted by atomic mass is 127. The number of nitrogens with one attached hydrogen (secondary N) is 2. The number of hydrogen-bond donors (Lipinski definition) is 2. The first-order valence-electron chi connectivity index (χ1n) is 9.14. The van der Waals surface area contributed by atoms with Crippen molar-refractivity contribution in [2.75, 3.05) is 20.1 Å². The van der Waals surface area contributed by atoms with Gasteiger partial charge in [-0.1, -0.05) is 30.3 Å². The van der Waals surface area contributed by atoms with Crippen LogP contribution in [-0.2, 0) is 19.4 Å². The van der Waals surface area contributed by atoms with Gasteiger partial charge >= 0.3 is 0 Å². The van der Waals surface area contributed by atoms with Gasteiger partial charge in [0, 0.05) is 57.3 Å². The normalized spacial score (nSPS) is 11.1. The molecule has 0 spiro atoms. The van der Waals surface area contributed by atoms with Gasteiger partial charge in [-0.3, -0.25) is 4.99 Å². The molecule has 0 aliphatic heterocycles. The maximum absolute atomic E-state index is 4.49. The van der Waals surface area contributed by atoms with Crippen LogP contribution in [0.25, 0.3) is 0 Å². The van der Waals surface area contributed by atoms with Crippen LogP contribution in [0.3, 0.4) is 0 Å². The van der Waals surface area contributed by atoms with Crippen LogP contribution >= 0.6 is 35.3 Å². The Labute approximate surface area is 187 Å². The van der Waals surface area contributed by atoms with Crippen LogP contribution in [0, 0.1) is 6.92 Å². The Hall–Kier alpha value is -1.94. The lowest BCUT2D eigenvalue weighted by Gasteiger charge is -2.12. The molecule has 0 unspecified atom stereocenters. The highest BCUT2D eigenvalue weighted by molar-refractivity contribution is 14.0. The predicted molar refractivity (Wildman–Crippen MR) is 127 cm³/mol. The van der Waals surface area contributed by atoms with Crippen LogP contribution in [0.1, 0.15) is 22.1 Å². The monoisotopic (exact) mass is 510 g/mol. The number of imidazole rings is 1. The predicted octanol–water partition coefficient (Wildman–Crippen LogP) is 3.26. The second kappa shape index (κ2) is 11.8. The van der Waals surface area contributed by atoms with Gasteiger partial charge in [-0.25, -0.2) is 9.97 Å². The molecule has 3 aromatic rings. The molecule has 2 aromatic heterocycles. The molecule has 0 saturated heterocycles. The number of thiazole rings is 1. The lowest BCUT2D eigenvalue weighted by atomic mass is 10.2. The zero-order chi connectivity index (χ0) is 18.9. The van der Waals surface area contributed by atoms with E-state index in [9.17, 15) is 0 Å². The Morgan fingerprint density at radius 3 is 2.57 bits per heavy atom. The van der Waals surface area contributed by atoms with Crippen LogP contribution < -0.4 is 10.6 Å². The Morgan fingerprint density at radius 1 is 1.14 bits per heavy atom. The molecule has 28 heavy (non-hydrogen) atoms. The summed E-state index contributed by atoms with van der Waals surface area (Å²) in [5.41, 5.74) is 2.41. The van der Waals surface area contributed by atoms with Gasteiger partial charge in [0.25, 0.3) is 0 Å². The van der Waals surface area contributed by atoms with E-state index in [0.717, 1.165) is 55.0 Å². The minimum atomic E-state index is 0. The standard InChI is InChI=1S/C20H26N6S.HI/c1-16-25-18(15-27-16)8-10-23-20(21-2)24-11-9-19-22-12-13-26(19)14-17-6-4-3-5-7-17;/h3-7,12-13,15H,8-11,14H2,1-2H3,(H2,21,23,24);1H. The van der Waals surface area contributed by atoms with Crippen molar-refractivity contribution in [2.24, 2.45) is 4.99 Å². The molecule has 6 nitrogen and oxygen atoms in total. The smallest absolute Gasteiger partial charge is 0.191 e. The van der Waals surface area contributed by atoms with Gasteiger partial charge < -0.3 is 15.2 Å². The average Bonchev–Trinajstić information content (AvgIpc) is 3.30. The Bertz CT molecular complexity index is 858. The summed E-state index contributed by atoms with van der Waals surface area (Å²) < 4.78 is 2.19. The summed E-state index contributed by atoms with van der Waals surface area (Å²) >= 11 is 1.69. The number of guanidine groups is 1. The molecule has 0 aliphatic rings. The van der Waals surface area contributed by atoms with E-state index in [4.69, 9.17) is 0 Å². The van der Waals surface area contributed by atoms with Gasteiger partial charge in [0.2, 0.25) is 0 Å². The fourth-order valence-corrected chi connectivity index (χ4v) is 3.48. The summed E-state index contributed by atoms with van der Waals surface area (Å²) in [5, 5.41) is 9.92. The Morgan fingerprint density at radius 2 is 1.89 bits per heavy atom. The maximum atomic E-state index is 4.49. The molecule has 0 radical (unpaired) electrons. The van der Waals surface area contributed by atoms with Gasteiger partial charge in [-0.2, -0.15) is 0 Å². The number of halogens is 1. The highest BCUT2D eigenvalue weighted by Gasteiger charge is 2.05. The van der Waals surface area contributed by atoms with Crippen molar-refractivity contribution < 1.29 is 0 Å². The summed E-state index contributed by atoms with van der Waals surface area (Å²) in [4.78, 5) is 13.3. The quantitative estimate of drug-likeness (QED) is 0.278. The van der Waals surface area contributed by atoms with E-state index in [1.165, 1.54) is 5.56 Å². The summed E-state index contributed by atoms with van der Waals surface area (Å²) in [7, 11) is 1.79. The van der Waals surface area contributed by atoms with E-state index >= 15 is 0 Å². The van der Waals surface area contributed by atoms with Crippen molar-refractivity contribution in [1.82, 2.24) is 25.2 Å². The molecular weight excluding hydrogens is 483 g/mol. The third-order valence-corrected chi connectivity index (χ3v) is 5.02. The lowest BCUT2D eigenvalue weighted by molar-refractivity contribution is 0.693. The van der Waals surface area contributed by atoms with Crippen LogP contribution in [0.5, 0.6) is 0 Å². The van der Waals surface area contributed by atoms with Crippen molar-refractivity contribution in [3.63, 3.8) is 0 Å². The first-order valence-corrected chi connectivity index (χ1v) is 10.0. The first-order chi connectivity index (χ1) is 13.2. The third kappa shape index (κ3) is 6.90. The van der Waals surface area contributed by atoms with Gasteiger partial charge in [-0.15, -0.1) is 35.3 Å². The number of aliphatic imine (C=N–C) groups is 1. The molecule has 8 heteroatoms. The molecule has 2 heterocycles. The van der Waals surface area contributed by atoms with Gasteiger partial charge in [-0.05, 0) is 12.5 Å². The number of nitrogens with zero attached hydrogens (tertiary/aromatic N) is 4. The first kappa shape index (κ1) is 22.4. The summed E-state index contributed by atoms with van der Waals surface area (Å²) in [5.74, 6) is 1.88. The van der Waals surface area contributed by atoms with E-state index in [1.54, 1.807) is 18.4 Å². The number of aromatic nitrogens is 3. The van der Waals surface area contributed by atoms with E-state index in [2.05, 4.69) is 59.8 Å². The SMILES string of the molecule is CN=C(NCCc1csc(C)n1)NCCc1nccn1Cc1ccccc1.I. The number of benzene rings is 1. The minimum absolute atomic E-state index is 0. The number of aryl methyl sites for hydroxylation is 1. The van der Waals surface area contributed by atoms with E-state index in [1.807, 2.05) is 25.4 Å². The highest BCUT2D eigenvalue weighted by Crippen LogP contribution is 2.08. The van der Waals surface area contributed by atoms with Crippen molar-refractivity contribution in [3.8, 4) is 0 Å². The zero-order valence-corrected chi connectivity index (χ0v) is 19.4. The van der Waals surface area contributed by atoms with Gasteiger partial charge in [0.05, 0.1) is 10.7 Å². The van der Waals surface area contributed by atoms with E-state index in [-0.39, 0.29) is 24.0 Å². The fraction of sp³-hybridized carbons (Fsp3) is 0.350. The number of hydrogen-bond acceptors (Lipinski definition) is 4. The molecule has 150 valence electrons. The molecule has 3 rings (SSSR count). The van der Waals surface area contributed by atoms with Crippen LogP contribution in [-0.4, -0.2) is 40.6 Å². The Balaban J connectivity index is 0.00000280. The molecule has 1 aromatic carbocycles. The van der Waals surface area contributed by atoms with Gasteiger partial charge in [0.15, 0.2) is 5.96 Å². The largest absolute Gasteiger partial charge is 0.356 e. The topological polar surface area (TPSA) is 67.1 Å². The Kier molecular flexibility index (Phi) is 9.42. The molecule has 0 aliphatic carbocycles. The zero-order valence-electron chi connectivity index (χ0n) is 16.3. The van der Waals surface area contributed by atoms with Crippen LogP contribution in [0.15, 0.2) is 53.1 Å². The average molecular weight is 510 g/mol. The van der Waals surface area contributed by atoms with Crippen molar-refractivity contribution in [2.45, 2.75) is 26.3 Å². The summed E-state index contributed by atoms with van der Waals surface area (Å²) in [6.07, 6.45) is 5.63. The second-order valence-corrected chi connectivity index (χ2v) is 7.30. The summed E-state index contributed by atoms with van der Waals surface area (Å²) in [6.45, 7) is 4.47. The lowest BCUT2D eigenvalue weighted by Crippen LogP contribution is -2.39. The van der Waals surface area contributed by atoms with Crippen LogP contribution in [0.4, 0.5) is 0 Å². The molecule has 0 amide bonds. The molecule has 0 saturated carbocycles. The van der Waals surface area contributed by atoms with E-state index in [0.29, 0.717) is 0 Å². The number of rotatable bonds is 8. The molecule has 2 N–H and O–H groups in total. The van der Waals surface area contributed by atoms with Crippen LogP contribution in [0.2, 0.25) is 0 Å². The van der Waals surface area contributed by atoms with Crippen molar-refractivity contribution in [3.05, 3.63) is 70.2 Å². The van der Waals surface area contributed by atoms with E-state index < -0.39 is 0 Å². The van der Waals surface area contributed by atoms with Gasteiger partial charge in [0.1, 0.15) is 5.82 Å². The molecule has 0 bridgehead atoms. The maximum Gasteiger partial charge on any atom is 0.191 e. The molecule has 0 fully saturated rings. The second-order valence-electron chi connectivity index (χ2n) is 6.24. The van der Waals surface area contributed by atoms with Crippen molar-refractivity contribution in [1.29, 1.82) is 0 Å². The molecule has 0 atom stereocenters. The fourth-order valence-electron chi connectivity index (χ4n) is 2.84. The summed E-state index contributed by atoms with van der Waals surface area (Å²) in [6, 6.07) is 10.4. The minimum Gasteiger partial charge on any atom is -0.356 e.